The number of anilines is 1. The number of amides is 3. The molecule has 1 N–H and O–H groups in total. The molecule has 0 bridgehead atoms. The maximum Gasteiger partial charge on any atom is 0.307 e. The molecule has 9 nitrogen and oxygen atoms in total. The fourth-order valence-corrected chi connectivity index (χ4v) is 4.00. The molecule has 32 heavy (non-hydrogen) atoms. The summed E-state index contributed by atoms with van der Waals surface area (Å²) in [6.07, 6.45) is 3.66. The van der Waals surface area contributed by atoms with Crippen LogP contribution in [0, 0.1) is 0 Å². The van der Waals surface area contributed by atoms with Gasteiger partial charge in [0.15, 0.2) is 0 Å². The second-order valence-corrected chi connectivity index (χ2v) is 8.22. The van der Waals surface area contributed by atoms with Crippen molar-refractivity contribution in [3.63, 3.8) is 0 Å². The van der Waals surface area contributed by atoms with Crippen LogP contribution in [0.25, 0.3) is 0 Å². The minimum absolute atomic E-state index is 0.0000520. The third-order valence-electron chi connectivity index (χ3n) is 5.83. The van der Waals surface area contributed by atoms with Crippen LogP contribution in [0.2, 0.25) is 0 Å². The molecule has 3 amide bonds. The second-order valence-electron chi connectivity index (χ2n) is 8.22. The zero-order valence-corrected chi connectivity index (χ0v) is 18.9. The number of likely N-dealkylation sites (tertiary alicyclic amines) is 1. The number of carbonyl (C=O) groups is 4. The predicted molar refractivity (Wildman–Crippen MR) is 119 cm³/mol. The van der Waals surface area contributed by atoms with E-state index >= 15 is 0 Å². The number of likely N-dealkylation sites (N-methyl/N-ethyl adjacent to an activating group) is 1. The Kier molecular flexibility index (Phi) is 8.21. The van der Waals surface area contributed by atoms with Crippen LogP contribution in [0.1, 0.15) is 53.3 Å². The van der Waals surface area contributed by atoms with Gasteiger partial charge in [0.05, 0.1) is 24.3 Å². The maximum absolute atomic E-state index is 13.1. The Morgan fingerprint density at radius 2 is 1.88 bits per heavy atom. The monoisotopic (exact) mass is 444 g/mol. The molecule has 2 aliphatic rings. The van der Waals surface area contributed by atoms with Crippen LogP contribution in [-0.2, 0) is 14.3 Å². The topological polar surface area (TPSA) is 99.3 Å². The summed E-state index contributed by atoms with van der Waals surface area (Å²) in [5.41, 5.74) is 1.00. The van der Waals surface area contributed by atoms with Crippen molar-refractivity contribution in [1.82, 2.24) is 14.7 Å². The summed E-state index contributed by atoms with van der Waals surface area (Å²) >= 11 is 0. The minimum Gasteiger partial charge on any atom is -0.466 e. The Labute approximate surface area is 188 Å². The number of nitrogens with zero attached hydrogens (tertiary/aromatic N) is 3. The average Bonchev–Trinajstić information content (AvgIpc) is 2.91. The molecule has 0 aromatic heterocycles. The van der Waals surface area contributed by atoms with Crippen molar-refractivity contribution in [2.24, 2.45) is 0 Å². The van der Waals surface area contributed by atoms with Crippen molar-refractivity contribution in [2.45, 2.75) is 32.6 Å². The third-order valence-corrected chi connectivity index (χ3v) is 5.83. The summed E-state index contributed by atoms with van der Waals surface area (Å²) in [7, 11) is 1.76. The summed E-state index contributed by atoms with van der Waals surface area (Å²) in [6, 6.07) is 4.74. The molecule has 1 aromatic rings. The van der Waals surface area contributed by atoms with Crippen LogP contribution >= 0.6 is 0 Å². The van der Waals surface area contributed by atoms with Gasteiger partial charge >= 0.3 is 5.97 Å². The lowest BCUT2D eigenvalue weighted by atomic mass is 10.1. The number of piperidine rings is 1. The molecule has 3 rings (SSSR count). The Morgan fingerprint density at radius 3 is 2.59 bits per heavy atom. The molecular weight excluding hydrogens is 412 g/mol. The van der Waals surface area contributed by atoms with E-state index in [2.05, 4.69) is 10.2 Å². The van der Waals surface area contributed by atoms with Gasteiger partial charge in [-0.3, -0.25) is 19.2 Å². The number of esters is 1. The molecule has 0 radical (unpaired) electrons. The molecule has 2 aliphatic heterocycles. The van der Waals surface area contributed by atoms with Crippen LogP contribution in [0.4, 0.5) is 5.69 Å². The van der Waals surface area contributed by atoms with Crippen molar-refractivity contribution in [1.29, 1.82) is 0 Å². The fourth-order valence-electron chi connectivity index (χ4n) is 4.00. The van der Waals surface area contributed by atoms with Gasteiger partial charge in [-0.15, -0.1) is 0 Å². The Bertz CT molecular complexity index is 866. The fraction of sp³-hybridized carbons (Fsp3) is 0.565. The van der Waals surface area contributed by atoms with E-state index in [1.165, 1.54) is 30.2 Å². The van der Waals surface area contributed by atoms with Crippen LogP contribution in [0.5, 0.6) is 0 Å². The molecule has 0 aliphatic carbocycles. The van der Waals surface area contributed by atoms with Crippen molar-refractivity contribution >= 4 is 29.4 Å². The Balaban J connectivity index is 1.69. The smallest absolute Gasteiger partial charge is 0.307 e. The number of hydrogen-bond donors (Lipinski definition) is 1. The van der Waals surface area contributed by atoms with E-state index in [4.69, 9.17) is 4.74 Å². The van der Waals surface area contributed by atoms with E-state index < -0.39 is 11.9 Å². The third kappa shape index (κ3) is 6.06. The van der Waals surface area contributed by atoms with Gasteiger partial charge in [0.2, 0.25) is 5.91 Å². The first kappa shape index (κ1) is 23.7. The van der Waals surface area contributed by atoms with Gasteiger partial charge in [0, 0.05) is 32.2 Å². The molecule has 0 spiro atoms. The number of ether oxygens (including phenoxy) is 1. The molecule has 174 valence electrons. The Hall–Kier alpha value is -2.94. The lowest BCUT2D eigenvalue weighted by Crippen LogP contribution is -2.38. The molecular formula is C23H32N4O5. The molecule has 1 aromatic carbocycles. The molecule has 0 atom stereocenters. The number of fused-ring (bicyclic) bond motifs is 1. The number of rotatable bonds is 8. The summed E-state index contributed by atoms with van der Waals surface area (Å²) in [4.78, 5) is 55.3. The van der Waals surface area contributed by atoms with Crippen molar-refractivity contribution < 1.29 is 23.9 Å². The summed E-state index contributed by atoms with van der Waals surface area (Å²) in [5.74, 6) is -1.34. The highest BCUT2D eigenvalue weighted by atomic mass is 16.5. The second kappa shape index (κ2) is 11.1. The van der Waals surface area contributed by atoms with Crippen molar-refractivity contribution in [3.05, 3.63) is 29.3 Å². The molecule has 0 unspecified atom stereocenters. The number of carbonyl (C=O) groups excluding carboxylic acids is 4. The number of nitrogens with one attached hydrogen (secondary N) is 1. The van der Waals surface area contributed by atoms with E-state index in [1.54, 1.807) is 31.0 Å². The molecule has 1 saturated heterocycles. The predicted octanol–water partition coefficient (Wildman–Crippen LogP) is 1.59. The molecule has 2 heterocycles. The van der Waals surface area contributed by atoms with Gasteiger partial charge in [0.1, 0.15) is 6.54 Å². The summed E-state index contributed by atoms with van der Waals surface area (Å²) in [5, 5.41) is 2.71. The van der Waals surface area contributed by atoms with Crippen LogP contribution in [-0.4, -0.2) is 91.3 Å². The zero-order valence-electron chi connectivity index (χ0n) is 18.9. The van der Waals surface area contributed by atoms with E-state index in [0.29, 0.717) is 17.8 Å². The largest absolute Gasteiger partial charge is 0.466 e. The lowest BCUT2D eigenvalue weighted by molar-refractivity contribution is -0.143. The van der Waals surface area contributed by atoms with Gasteiger partial charge in [0.25, 0.3) is 11.8 Å². The lowest BCUT2D eigenvalue weighted by Gasteiger charge is -2.28. The normalized spacial score (nSPS) is 16.8. The van der Waals surface area contributed by atoms with E-state index in [9.17, 15) is 19.2 Å². The zero-order chi connectivity index (χ0) is 23.1. The Morgan fingerprint density at radius 1 is 1.12 bits per heavy atom. The standard InChI is InChI=1S/C23H32N4O5/c1-3-32-21(29)9-12-27-16-20(28)24-19-8-7-17(15-18(19)23(27)31)22(30)25(2)13-14-26-10-5-4-6-11-26/h7-8,15H,3-6,9-14,16H2,1-2H3,(H,24,28). The van der Waals surface area contributed by atoms with Gasteiger partial charge in [-0.05, 0) is 51.1 Å². The van der Waals surface area contributed by atoms with Crippen molar-refractivity contribution in [2.75, 3.05) is 58.2 Å². The van der Waals surface area contributed by atoms with Gasteiger partial charge < -0.3 is 24.8 Å². The van der Waals surface area contributed by atoms with Crippen LogP contribution in [0.15, 0.2) is 18.2 Å². The highest BCUT2D eigenvalue weighted by Crippen LogP contribution is 2.23. The van der Waals surface area contributed by atoms with Gasteiger partial charge in [-0.2, -0.15) is 0 Å². The summed E-state index contributed by atoms with van der Waals surface area (Å²) < 4.78 is 4.91. The maximum atomic E-state index is 13.1. The molecule has 0 saturated carbocycles. The highest BCUT2D eigenvalue weighted by molar-refractivity contribution is 6.10. The number of hydrogen-bond acceptors (Lipinski definition) is 6. The molecule has 1 fully saturated rings. The van der Waals surface area contributed by atoms with E-state index in [0.717, 1.165) is 19.6 Å². The van der Waals surface area contributed by atoms with E-state index in [-0.39, 0.29) is 43.5 Å². The first-order chi connectivity index (χ1) is 15.4. The van der Waals surface area contributed by atoms with Crippen molar-refractivity contribution in [3.8, 4) is 0 Å². The van der Waals surface area contributed by atoms with Crippen LogP contribution < -0.4 is 5.32 Å². The quantitative estimate of drug-likeness (QED) is 0.612. The molecule has 9 heteroatoms. The van der Waals surface area contributed by atoms with Gasteiger partial charge in [-0.1, -0.05) is 6.42 Å². The van der Waals surface area contributed by atoms with Crippen LogP contribution in [0.3, 0.4) is 0 Å². The first-order valence-corrected chi connectivity index (χ1v) is 11.3. The SMILES string of the molecule is CCOC(=O)CCN1CC(=O)Nc2ccc(C(=O)N(C)CCN3CCCCC3)cc2C1=O. The highest BCUT2D eigenvalue weighted by Gasteiger charge is 2.28. The minimum atomic E-state index is -0.426. The first-order valence-electron chi connectivity index (χ1n) is 11.3. The van der Waals surface area contributed by atoms with E-state index in [1.807, 2.05) is 0 Å². The number of benzene rings is 1. The summed E-state index contributed by atoms with van der Waals surface area (Å²) in [6.45, 7) is 5.43. The van der Waals surface area contributed by atoms with Gasteiger partial charge in [-0.25, -0.2) is 0 Å². The average molecular weight is 445 g/mol.